The molecule has 0 saturated heterocycles. The standard InChI is InChI=1S/C8H13Cl2N5/c1-15(2)5-3-4-11-7-6(9)13-14-8(10)12-7/h3-5H2,1-2H3,(H,11,12,14). The number of nitrogens with zero attached hydrogens (tertiary/aromatic N) is 4. The second kappa shape index (κ2) is 6.05. The van der Waals surface area contributed by atoms with Crippen LogP contribution in [0.4, 0.5) is 5.82 Å². The maximum Gasteiger partial charge on any atom is 0.245 e. The molecule has 0 aliphatic heterocycles. The molecule has 0 atom stereocenters. The zero-order valence-electron chi connectivity index (χ0n) is 8.67. The Bertz CT molecular complexity index is 318. The molecule has 0 amide bonds. The molecule has 1 aromatic heterocycles. The maximum atomic E-state index is 5.77. The van der Waals surface area contributed by atoms with E-state index in [2.05, 4.69) is 25.4 Å². The van der Waals surface area contributed by atoms with E-state index in [0.29, 0.717) is 5.82 Å². The van der Waals surface area contributed by atoms with E-state index in [1.54, 1.807) is 0 Å². The van der Waals surface area contributed by atoms with Gasteiger partial charge >= 0.3 is 0 Å². The van der Waals surface area contributed by atoms with Crippen LogP contribution in [0, 0.1) is 0 Å². The number of hydrogen-bond acceptors (Lipinski definition) is 5. The maximum absolute atomic E-state index is 5.77. The predicted molar refractivity (Wildman–Crippen MR) is 61.5 cm³/mol. The average molecular weight is 250 g/mol. The van der Waals surface area contributed by atoms with Crippen molar-refractivity contribution in [2.24, 2.45) is 0 Å². The minimum atomic E-state index is 0.0921. The van der Waals surface area contributed by atoms with Gasteiger partial charge in [-0.1, -0.05) is 11.6 Å². The highest BCUT2D eigenvalue weighted by Gasteiger charge is 2.04. The van der Waals surface area contributed by atoms with Gasteiger partial charge in [-0.05, 0) is 38.7 Å². The lowest BCUT2D eigenvalue weighted by Crippen LogP contribution is -2.17. The van der Waals surface area contributed by atoms with E-state index in [-0.39, 0.29) is 10.4 Å². The van der Waals surface area contributed by atoms with Crippen molar-refractivity contribution in [1.82, 2.24) is 20.1 Å². The molecule has 1 N–H and O–H groups in total. The lowest BCUT2D eigenvalue weighted by Gasteiger charge is -2.10. The van der Waals surface area contributed by atoms with Crippen molar-refractivity contribution in [3.05, 3.63) is 10.4 Å². The smallest absolute Gasteiger partial charge is 0.245 e. The molecule has 1 rings (SSSR count). The van der Waals surface area contributed by atoms with E-state index in [9.17, 15) is 0 Å². The molecule has 84 valence electrons. The van der Waals surface area contributed by atoms with Crippen LogP contribution in [-0.4, -0.2) is 47.3 Å². The van der Waals surface area contributed by atoms with Crippen LogP contribution in [0.5, 0.6) is 0 Å². The van der Waals surface area contributed by atoms with Gasteiger partial charge in [-0.25, -0.2) is 0 Å². The molecule has 0 unspecified atom stereocenters. The third kappa shape index (κ3) is 4.59. The van der Waals surface area contributed by atoms with Gasteiger partial charge in [0, 0.05) is 6.54 Å². The van der Waals surface area contributed by atoms with E-state index in [1.165, 1.54) is 0 Å². The summed E-state index contributed by atoms with van der Waals surface area (Å²) in [6, 6.07) is 0. The van der Waals surface area contributed by atoms with Gasteiger partial charge in [0.25, 0.3) is 0 Å². The zero-order chi connectivity index (χ0) is 11.3. The Morgan fingerprint density at radius 1 is 1.27 bits per heavy atom. The van der Waals surface area contributed by atoms with Crippen molar-refractivity contribution in [2.45, 2.75) is 6.42 Å². The molecular weight excluding hydrogens is 237 g/mol. The Labute approximate surface area is 98.8 Å². The molecule has 0 aliphatic carbocycles. The molecule has 15 heavy (non-hydrogen) atoms. The van der Waals surface area contributed by atoms with Crippen LogP contribution in [0.3, 0.4) is 0 Å². The molecule has 1 aromatic rings. The summed E-state index contributed by atoms with van der Waals surface area (Å²) in [5.74, 6) is 0.482. The summed E-state index contributed by atoms with van der Waals surface area (Å²) in [6.45, 7) is 1.77. The molecule has 0 aromatic carbocycles. The number of anilines is 1. The average Bonchev–Trinajstić information content (AvgIpc) is 2.17. The summed E-state index contributed by atoms with van der Waals surface area (Å²) in [5.41, 5.74) is 0. The van der Waals surface area contributed by atoms with Gasteiger partial charge < -0.3 is 10.2 Å². The monoisotopic (exact) mass is 249 g/mol. The fourth-order valence-electron chi connectivity index (χ4n) is 1.01. The van der Waals surface area contributed by atoms with Gasteiger partial charge in [-0.15, -0.1) is 10.2 Å². The second-order valence-electron chi connectivity index (χ2n) is 3.30. The topological polar surface area (TPSA) is 53.9 Å². The SMILES string of the molecule is CN(C)CCCNc1nc(Cl)nnc1Cl. The molecule has 0 fully saturated rings. The van der Waals surface area contributed by atoms with E-state index < -0.39 is 0 Å². The molecule has 1 heterocycles. The second-order valence-corrected chi connectivity index (χ2v) is 4.00. The van der Waals surface area contributed by atoms with Gasteiger partial charge in [0.1, 0.15) is 0 Å². The summed E-state index contributed by atoms with van der Waals surface area (Å²) >= 11 is 11.4. The minimum absolute atomic E-state index is 0.0921. The third-order valence-corrected chi connectivity index (χ3v) is 2.11. The lowest BCUT2D eigenvalue weighted by molar-refractivity contribution is 0.405. The normalized spacial score (nSPS) is 10.7. The van der Waals surface area contributed by atoms with Crippen molar-refractivity contribution >= 4 is 29.0 Å². The Hall–Kier alpha value is -0.650. The highest BCUT2D eigenvalue weighted by atomic mass is 35.5. The Morgan fingerprint density at radius 3 is 2.67 bits per heavy atom. The number of hydrogen-bond donors (Lipinski definition) is 1. The van der Waals surface area contributed by atoms with Crippen molar-refractivity contribution in [1.29, 1.82) is 0 Å². The highest BCUT2D eigenvalue weighted by Crippen LogP contribution is 2.16. The molecule has 0 saturated carbocycles. The first kappa shape index (κ1) is 12.4. The number of rotatable bonds is 5. The van der Waals surface area contributed by atoms with Crippen LogP contribution < -0.4 is 5.32 Å². The first-order valence-electron chi connectivity index (χ1n) is 4.54. The van der Waals surface area contributed by atoms with E-state index >= 15 is 0 Å². The first-order valence-corrected chi connectivity index (χ1v) is 5.29. The number of aromatic nitrogens is 3. The number of halogens is 2. The Balaban J connectivity index is 2.40. The fraction of sp³-hybridized carbons (Fsp3) is 0.625. The van der Waals surface area contributed by atoms with Crippen molar-refractivity contribution in [3.8, 4) is 0 Å². The van der Waals surface area contributed by atoms with Crippen molar-refractivity contribution in [3.63, 3.8) is 0 Å². The van der Waals surface area contributed by atoms with Crippen LogP contribution in [0.2, 0.25) is 10.4 Å². The summed E-state index contributed by atoms with van der Waals surface area (Å²) in [5, 5.41) is 10.5. The fourth-order valence-corrected chi connectivity index (χ4v) is 1.28. The quantitative estimate of drug-likeness (QED) is 0.803. The van der Waals surface area contributed by atoms with Gasteiger partial charge in [0.15, 0.2) is 11.0 Å². The molecule has 0 spiro atoms. The predicted octanol–water partition coefficient (Wildman–Crippen LogP) is 1.54. The van der Waals surface area contributed by atoms with Gasteiger partial charge in [0.05, 0.1) is 0 Å². The molecule has 0 radical (unpaired) electrons. The van der Waals surface area contributed by atoms with Crippen LogP contribution >= 0.6 is 23.2 Å². The van der Waals surface area contributed by atoms with E-state index in [1.807, 2.05) is 14.1 Å². The van der Waals surface area contributed by atoms with Crippen LogP contribution in [0.15, 0.2) is 0 Å². The van der Waals surface area contributed by atoms with Crippen molar-refractivity contribution in [2.75, 3.05) is 32.5 Å². The van der Waals surface area contributed by atoms with Gasteiger partial charge in [-0.3, -0.25) is 0 Å². The summed E-state index contributed by atoms with van der Waals surface area (Å²) < 4.78 is 0. The van der Waals surface area contributed by atoms with Crippen LogP contribution in [-0.2, 0) is 0 Å². The molecular formula is C8H13Cl2N5. The van der Waals surface area contributed by atoms with Gasteiger partial charge in [-0.2, -0.15) is 4.98 Å². The van der Waals surface area contributed by atoms with Crippen LogP contribution in [0.25, 0.3) is 0 Å². The zero-order valence-corrected chi connectivity index (χ0v) is 10.2. The molecule has 0 bridgehead atoms. The third-order valence-electron chi connectivity index (χ3n) is 1.69. The lowest BCUT2D eigenvalue weighted by atomic mass is 10.4. The molecule has 5 nitrogen and oxygen atoms in total. The highest BCUT2D eigenvalue weighted by molar-refractivity contribution is 6.32. The minimum Gasteiger partial charge on any atom is -0.367 e. The number of nitrogens with one attached hydrogen (secondary N) is 1. The molecule has 7 heteroatoms. The Kier molecular flexibility index (Phi) is 5.01. The summed E-state index contributed by atoms with van der Waals surface area (Å²) in [6.07, 6.45) is 0.991. The summed E-state index contributed by atoms with van der Waals surface area (Å²) in [7, 11) is 4.05. The Morgan fingerprint density at radius 2 is 2.00 bits per heavy atom. The van der Waals surface area contributed by atoms with Crippen molar-refractivity contribution < 1.29 is 0 Å². The largest absolute Gasteiger partial charge is 0.367 e. The van der Waals surface area contributed by atoms with Gasteiger partial charge in [0.2, 0.25) is 5.28 Å². The first-order chi connectivity index (χ1) is 7.09. The molecule has 0 aliphatic rings. The summed E-state index contributed by atoms with van der Waals surface area (Å²) in [4.78, 5) is 6.03. The van der Waals surface area contributed by atoms with E-state index in [0.717, 1.165) is 19.5 Å². The van der Waals surface area contributed by atoms with E-state index in [4.69, 9.17) is 23.2 Å². The van der Waals surface area contributed by atoms with Crippen LogP contribution in [0.1, 0.15) is 6.42 Å².